The summed E-state index contributed by atoms with van der Waals surface area (Å²) in [6.07, 6.45) is 25.9. The van der Waals surface area contributed by atoms with E-state index >= 15 is 0 Å². The average Bonchev–Trinajstić information content (AvgIpc) is 3.41. The smallest absolute Gasteiger partial charge is 0.230 e. The molecule has 0 aliphatic carbocycles. The molecule has 0 atom stereocenters. The molecule has 0 saturated heterocycles. The molecular formula is C32H56N4+2. The van der Waals surface area contributed by atoms with Crippen molar-refractivity contribution >= 4 is 22.1 Å². The van der Waals surface area contributed by atoms with E-state index < -0.39 is 0 Å². The van der Waals surface area contributed by atoms with Crippen LogP contribution in [0.1, 0.15) is 130 Å². The molecule has 202 valence electrons. The Morgan fingerprint density at radius 3 is 1.25 bits per heavy atom. The summed E-state index contributed by atoms with van der Waals surface area (Å²) in [7, 11) is 0. The first-order valence-corrected chi connectivity index (χ1v) is 15.7. The quantitative estimate of drug-likeness (QED) is 0.110. The Labute approximate surface area is 221 Å². The summed E-state index contributed by atoms with van der Waals surface area (Å²) in [6.45, 7) is 13.8. The van der Waals surface area contributed by atoms with Crippen molar-refractivity contribution in [2.45, 2.75) is 157 Å². The van der Waals surface area contributed by atoms with Crippen LogP contribution in [0.3, 0.4) is 0 Å². The van der Waals surface area contributed by atoms with Crippen molar-refractivity contribution in [3.05, 3.63) is 24.8 Å². The zero-order valence-corrected chi connectivity index (χ0v) is 24.2. The topological polar surface area (TPSA) is 17.6 Å². The van der Waals surface area contributed by atoms with Crippen molar-refractivity contribution in [1.82, 2.24) is 9.13 Å². The van der Waals surface area contributed by atoms with Crippen LogP contribution in [0.5, 0.6) is 0 Å². The first kappa shape index (κ1) is 28.7. The van der Waals surface area contributed by atoms with E-state index in [4.69, 9.17) is 0 Å². The van der Waals surface area contributed by atoms with Crippen LogP contribution in [-0.2, 0) is 26.2 Å². The summed E-state index contributed by atoms with van der Waals surface area (Å²) in [5.41, 5.74) is 5.72. The largest absolute Gasteiger partial charge is 0.244 e. The number of hydrogen-bond donors (Lipinski definition) is 0. The number of aromatic nitrogens is 4. The number of benzene rings is 1. The Morgan fingerprint density at radius 2 is 0.861 bits per heavy atom. The molecule has 0 saturated carbocycles. The van der Waals surface area contributed by atoms with Crippen LogP contribution in [0.15, 0.2) is 24.8 Å². The molecule has 0 radical (unpaired) electrons. The molecule has 1 aromatic carbocycles. The molecule has 4 nitrogen and oxygen atoms in total. The molecule has 0 fully saturated rings. The second kappa shape index (κ2) is 16.1. The lowest BCUT2D eigenvalue weighted by atomic mass is 10.2. The maximum absolute atomic E-state index is 2.56. The number of fused-ring (bicyclic) bond motifs is 2. The lowest BCUT2D eigenvalue weighted by Crippen LogP contribution is -2.34. The van der Waals surface area contributed by atoms with E-state index in [0.717, 1.165) is 26.2 Å². The van der Waals surface area contributed by atoms with Gasteiger partial charge in [0.05, 0.1) is 26.2 Å². The Bertz CT molecular complexity index is 858. The minimum absolute atomic E-state index is 1.14. The monoisotopic (exact) mass is 496 g/mol. The number of hydrogen-bond acceptors (Lipinski definition) is 0. The van der Waals surface area contributed by atoms with Gasteiger partial charge in [-0.2, -0.15) is 0 Å². The van der Waals surface area contributed by atoms with Crippen LogP contribution in [0.25, 0.3) is 22.1 Å². The molecule has 0 N–H and O–H groups in total. The fourth-order valence-corrected chi connectivity index (χ4v) is 5.61. The normalized spacial score (nSPS) is 11.9. The summed E-state index contributed by atoms with van der Waals surface area (Å²) in [4.78, 5) is 0. The summed E-state index contributed by atoms with van der Waals surface area (Å²) in [5.74, 6) is 0. The van der Waals surface area contributed by atoms with Gasteiger partial charge in [-0.25, -0.2) is 18.3 Å². The summed E-state index contributed by atoms with van der Waals surface area (Å²) < 4.78 is 10.2. The molecule has 2 heterocycles. The number of imidazole rings is 2. The highest BCUT2D eigenvalue weighted by Crippen LogP contribution is 2.22. The Morgan fingerprint density at radius 1 is 0.472 bits per heavy atom. The van der Waals surface area contributed by atoms with Crippen LogP contribution in [0, 0.1) is 0 Å². The van der Waals surface area contributed by atoms with Gasteiger partial charge in [-0.05, 0) is 51.4 Å². The SMILES string of the molecule is CCCCCCn1c[n+](CCCCCC)c2cc3c(cc21)n(CCCCCC)c[n+]3CCCCCC. The zero-order chi connectivity index (χ0) is 25.6. The molecule has 0 bridgehead atoms. The van der Waals surface area contributed by atoms with Gasteiger partial charge in [0.1, 0.15) is 0 Å². The van der Waals surface area contributed by atoms with E-state index in [2.05, 4.69) is 70.8 Å². The highest BCUT2D eigenvalue weighted by Gasteiger charge is 2.23. The van der Waals surface area contributed by atoms with Gasteiger partial charge in [-0.1, -0.05) is 79.1 Å². The van der Waals surface area contributed by atoms with E-state index in [1.165, 1.54) is 125 Å². The average molecular weight is 497 g/mol. The van der Waals surface area contributed by atoms with Gasteiger partial charge in [-0.15, -0.1) is 0 Å². The molecule has 3 rings (SSSR count). The second-order valence-electron chi connectivity index (χ2n) is 11.1. The Kier molecular flexibility index (Phi) is 12.8. The molecular weight excluding hydrogens is 440 g/mol. The minimum atomic E-state index is 1.14. The summed E-state index contributed by atoms with van der Waals surface area (Å²) >= 11 is 0. The van der Waals surface area contributed by atoms with E-state index in [9.17, 15) is 0 Å². The Balaban J connectivity index is 1.96. The highest BCUT2D eigenvalue weighted by atomic mass is 15.2. The zero-order valence-electron chi connectivity index (χ0n) is 24.2. The predicted molar refractivity (Wildman–Crippen MR) is 154 cm³/mol. The third-order valence-electron chi connectivity index (χ3n) is 7.88. The van der Waals surface area contributed by atoms with Crippen molar-refractivity contribution in [2.24, 2.45) is 0 Å². The molecule has 36 heavy (non-hydrogen) atoms. The molecule has 0 unspecified atom stereocenters. The van der Waals surface area contributed by atoms with Gasteiger partial charge in [0, 0.05) is 12.1 Å². The van der Waals surface area contributed by atoms with Gasteiger partial charge in [0.2, 0.25) is 12.7 Å². The van der Waals surface area contributed by atoms with Gasteiger partial charge >= 0.3 is 0 Å². The molecule has 0 spiro atoms. The highest BCUT2D eigenvalue weighted by molar-refractivity contribution is 5.88. The summed E-state index contributed by atoms with van der Waals surface area (Å²) in [5, 5.41) is 0. The van der Waals surface area contributed by atoms with Gasteiger partial charge in [-0.3, -0.25) is 0 Å². The van der Waals surface area contributed by atoms with E-state index in [-0.39, 0.29) is 0 Å². The third kappa shape index (κ3) is 8.08. The third-order valence-corrected chi connectivity index (χ3v) is 7.88. The van der Waals surface area contributed by atoms with Gasteiger partial charge in [0.25, 0.3) is 0 Å². The molecule has 0 aliphatic heterocycles. The lowest BCUT2D eigenvalue weighted by molar-refractivity contribution is -0.676. The minimum Gasteiger partial charge on any atom is -0.230 e. The fraction of sp³-hybridized carbons (Fsp3) is 0.750. The molecule has 0 amide bonds. The fourth-order valence-electron chi connectivity index (χ4n) is 5.61. The maximum Gasteiger partial charge on any atom is 0.244 e. The van der Waals surface area contributed by atoms with Crippen molar-refractivity contribution < 1.29 is 9.13 Å². The van der Waals surface area contributed by atoms with Crippen LogP contribution >= 0.6 is 0 Å². The van der Waals surface area contributed by atoms with Crippen molar-refractivity contribution in [3.63, 3.8) is 0 Å². The maximum atomic E-state index is 2.56. The van der Waals surface area contributed by atoms with Crippen LogP contribution in [-0.4, -0.2) is 9.13 Å². The number of aryl methyl sites for hydroxylation is 4. The lowest BCUT2D eigenvalue weighted by Gasteiger charge is -2.00. The number of nitrogens with zero attached hydrogens (tertiary/aromatic N) is 4. The Hall–Kier alpha value is -1.84. The van der Waals surface area contributed by atoms with Gasteiger partial charge < -0.3 is 0 Å². The van der Waals surface area contributed by atoms with Gasteiger partial charge in [0.15, 0.2) is 22.1 Å². The number of unbranched alkanes of at least 4 members (excludes halogenated alkanes) is 12. The van der Waals surface area contributed by atoms with Crippen molar-refractivity contribution in [1.29, 1.82) is 0 Å². The van der Waals surface area contributed by atoms with Crippen LogP contribution < -0.4 is 9.13 Å². The first-order valence-electron chi connectivity index (χ1n) is 15.7. The molecule has 4 heteroatoms. The predicted octanol–water partition coefficient (Wildman–Crippen LogP) is 8.49. The second-order valence-corrected chi connectivity index (χ2v) is 11.1. The first-order chi connectivity index (χ1) is 17.7. The van der Waals surface area contributed by atoms with E-state index in [1.807, 2.05) is 0 Å². The van der Waals surface area contributed by atoms with E-state index in [1.54, 1.807) is 0 Å². The van der Waals surface area contributed by atoms with Crippen molar-refractivity contribution in [3.8, 4) is 0 Å². The summed E-state index contributed by atoms with van der Waals surface area (Å²) in [6, 6.07) is 5.05. The molecule has 2 aromatic heterocycles. The van der Waals surface area contributed by atoms with Crippen LogP contribution in [0.4, 0.5) is 0 Å². The van der Waals surface area contributed by atoms with Crippen LogP contribution in [0.2, 0.25) is 0 Å². The molecule has 0 aliphatic rings. The van der Waals surface area contributed by atoms with E-state index in [0.29, 0.717) is 0 Å². The van der Waals surface area contributed by atoms with Crippen molar-refractivity contribution in [2.75, 3.05) is 0 Å². The number of rotatable bonds is 20. The molecule has 3 aromatic rings. The standard InChI is InChI=1S/C32H56N4/c1-5-9-13-17-21-33-27-34(22-18-14-10-6-2)30-26-32-31(25-29(30)33)35(23-19-15-11-7-3)28-36(32)24-20-16-12-8-4/h25-28H,5-24H2,1-4H3/q+2.